The van der Waals surface area contributed by atoms with Crippen molar-refractivity contribution < 1.29 is 0 Å². The normalized spacial score (nSPS) is 21.4. The summed E-state index contributed by atoms with van der Waals surface area (Å²) in [5.74, 6) is 2.00. The number of nitrogens with one attached hydrogen (secondary N) is 1. The van der Waals surface area contributed by atoms with E-state index >= 15 is 0 Å². The molecule has 1 aromatic heterocycles. The second kappa shape index (κ2) is 8.68. The minimum Gasteiger partial charge on any atom is -0.357 e. The van der Waals surface area contributed by atoms with Gasteiger partial charge in [-0.05, 0) is 44.9 Å². The van der Waals surface area contributed by atoms with Crippen molar-refractivity contribution in [3.8, 4) is 0 Å². The first kappa shape index (κ1) is 18.2. The number of hydrogen-bond acceptors (Lipinski definition) is 3. The van der Waals surface area contributed by atoms with E-state index in [1.807, 2.05) is 0 Å². The first-order valence-corrected chi connectivity index (χ1v) is 10.2. The summed E-state index contributed by atoms with van der Waals surface area (Å²) in [5, 5.41) is 11.7. The third-order valence-electron chi connectivity index (χ3n) is 5.87. The molecule has 1 N–H and O–H groups in total. The summed E-state index contributed by atoms with van der Waals surface area (Å²) in [6.45, 7) is 8.94. The molecule has 1 saturated carbocycles. The molecule has 2 fully saturated rings. The van der Waals surface area contributed by atoms with Crippen LogP contribution >= 0.6 is 0 Å². The highest BCUT2D eigenvalue weighted by Gasteiger charge is 2.36. The Kier molecular flexibility index (Phi) is 6.32. The summed E-state index contributed by atoms with van der Waals surface area (Å²) in [4.78, 5) is 7.40. The van der Waals surface area contributed by atoms with Gasteiger partial charge < -0.3 is 14.8 Å². The van der Waals surface area contributed by atoms with E-state index < -0.39 is 0 Å². The lowest BCUT2D eigenvalue weighted by Gasteiger charge is -2.44. The summed E-state index contributed by atoms with van der Waals surface area (Å²) in [6.07, 6.45) is 12.9. The Morgan fingerprint density at radius 3 is 2.64 bits per heavy atom. The molecule has 0 amide bonds. The number of piperidine rings is 1. The van der Waals surface area contributed by atoms with Crippen molar-refractivity contribution in [3.05, 3.63) is 12.2 Å². The summed E-state index contributed by atoms with van der Waals surface area (Å²) in [6, 6.07) is 0. The second-order valence-electron chi connectivity index (χ2n) is 7.64. The van der Waals surface area contributed by atoms with Crippen LogP contribution in [0.5, 0.6) is 0 Å². The smallest absolute Gasteiger partial charge is 0.194 e. The Morgan fingerprint density at radius 2 is 1.92 bits per heavy atom. The summed E-state index contributed by atoms with van der Waals surface area (Å²) >= 11 is 0. The van der Waals surface area contributed by atoms with Crippen LogP contribution in [-0.4, -0.2) is 45.3 Å². The van der Waals surface area contributed by atoms with Gasteiger partial charge in [-0.25, -0.2) is 4.99 Å². The van der Waals surface area contributed by atoms with Gasteiger partial charge in [0.25, 0.3) is 0 Å². The minimum atomic E-state index is 0.522. The molecule has 0 unspecified atom stereocenters. The van der Waals surface area contributed by atoms with Gasteiger partial charge in [-0.15, -0.1) is 10.2 Å². The summed E-state index contributed by atoms with van der Waals surface area (Å²) in [5.41, 5.74) is 0.522. The van der Waals surface area contributed by atoms with E-state index in [0.717, 1.165) is 31.4 Å². The van der Waals surface area contributed by atoms with E-state index in [-0.39, 0.29) is 0 Å². The third kappa shape index (κ3) is 4.53. The molecule has 0 radical (unpaired) electrons. The number of aryl methyl sites for hydroxylation is 1. The molecule has 2 heterocycles. The van der Waals surface area contributed by atoms with Crippen molar-refractivity contribution >= 4 is 5.96 Å². The molecule has 1 aliphatic heterocycles. The SMILES string of the molecule is CCNC(=NCc1nncn1CC)N1CCCC2(CCCCCC2)C1. The first-order valence-electron chi connectivity index (χ1n) is 10.2. The lowest BCUT2D eigenvalue weighted by atomic mass is 9.74. The van der Waals surface area contributed by atoms with E-state index in [9.17, 15) is 0 Å². The summed E-state index contributed by atoms with van der Waals surface area (Å²) in [7, 11) is 0. The van der Waals surface area contributed by atoms with Crippen molar-refractivity contribution in [1.82, 2.24) is 25.0 Å². The van der Waals surface area contributed by atoms with Gasteiger partial charge in [-0.3, -0.25) is 0 Å². The van der Waals surface area contributed by atoms with Crippen molar-refractivity contribution in [2.24, 2.45) is 10.4 Å². The van der Waals surface area contributed by atoms with Gasteiger partial charge in [0.1, 0.15) is 12.9 Å². The Labute approximate surface area is 152 Å². The number of hydrogen-bond donors (Lipinski definition) is 1. The molecule has 6 heteroatoms. The van der Waals surface area contributed by atoms with E-state index in [1.165, 1.54) is 57.9 Å². The van der Waals surface area contributed by atoms with Gasteiger partial charge in [0.2, 0.25) is 0 Å². The van der Waals surface area contributed by atoms with Crippen molar-refractivity contribution in [3.63, 3.8) is 0 Å². The molecule has 1 aliphatic carbocycles. The number of aromatic nitrogens is 3. The highest BCUT2D eigenvalue weighted by Crippen LogP contribution is 2.42. The zero-order chi connectivity index (χ0) is 17.5. The molecule has 0 aromatic carbocycles. The molecule has 1 saturated heterocycles. The molecule has 1 spiro atoms. The van der Waals surface area contributed by atoms with Gasteiger partial charge in [-0.2, -0.15) is 0 Å². The lowest BCUT2D eigenvalue weighted by Crippen LogP contribution is -2.50. The molecule has 0 atom stereocenters. The molecule has 25 heavy (non-hydrogen) atoms. The van der Waals surface area contributed by atoms with E-state index in [0.29, 0.717) is 12.0 Å². The average Bonchev–Trinajstić information content (AvgIpc) is 2.98. The van der Waals surface area contributed by atoms with Crippen molar-refractivity contribution in [2.75, 3.05) is 19.6 Å². The van der Waals surface area contributed by atoms with E-state index in [2.05, 4.69) is 38.8 Å². The van der Waals surface area contributed by atoms with Crippen molar-refractivity contribution in [1.29, 1.82) is 0 Å². The van der Waals surface area contributed by atoms with E-state index in [4.69, 9.17) is 4.99 Å². The molecule has 3 rings (SSSR count). The predicted molar refractivity (Wildman–Crippen MR) is 101 cm³/mol. The number of guanidine groups is 1. The molecule has 140 valence electrons. The topological polar surface area (TPSA) is 58.3 Å². The Morgan fingerprint density at radius 1 is 1.16 bits per heavy atom. The van der Waals surface area contributed by atoms with Crippen LogP contribution in [-0.2, 0) is 13.1 Å². The Balaban J connectivity index is 1.71. The molecular weight excluding hydrogens is 312 g/mol. The number of likely N-dealkylation sites (tertiary alicyclic amines) is 1. The van der Waals surface area contributed by atoms with Gasteiger partial charge in [-0.1, -0.05) is 25.7 Å². The second-order valence-corrected chi connectivity index (χ2v) is 7.64. The molecule has 1 aromatic rings. The molecular formula is C19H34N6. The number of nitrogens with zero attached hydrogens (tertiary/aromatic N) is 5. The van der Waals surface area contributed by atoms with Crippen LogP contribution in [0.2, 0.25) is 0 Å². The minimum absolute atomic E-state index is 0.522. The summed E-state index contributed by atoms with van der Waals surface area (Å²) < 4.78 is 2.07. The van der Waals surface area contributed by atoms with Crippen LogP contribution < -0.4 is 5.32 Å². The first-order chi connectivity index (χ1) is 12.3. The molecule has 0 bridgehead atoms. The fourth-order valence-electron chi connectivity index (χ4n) is 4.51. The zero-order valence-electron chi connectivity index (χ0n) is 16.0. The monoisotopic (exact) mass is 346 g/mol. The maximum absolute atomic E-state index is 4.90. The van der Waals surface area contributed by atoms with Gasteiger partial charge in [0.05, 0.1) is 0 Å². The average molecular weight is 347 g/mol. The van der Waals surface area contributed by atoms with E-state index in [1.54, 1.807) is 6.33 Å². The Hall–Kier alpha value is -1.59. The quantitative estimate of drug-likeness (QED) is 0.672. The van der Waals surface area contributed by atoms with Gasteiger partial charge in [0.15, 0.2) is 11.8 Å². The highest BCUT2D eigenvalue weighted by atomic mass is 15.3. The fraction of sp³-hybridized carbons (Fsp3) is 0.842. The standard InChI is InChI=1S/C19H34N6/c1-3-20-18(21-14-17-23-22-16-24(17)4-2)25-13-9-12-19(15-25)10-7-5-6-8-11-19/h16H,3-15H2,1-2H3,(H,20,21). The number of rotatable bonds is 4. The van der Waals surface area contributed by atoms with Crippen LogP contribution in [0.25, 0.3) is 0 Å². The number of aliphatic imine (C=N–C) groups is 1. The van der Waals surface area contributed by atoms with Crippen LogP contribution in [0.3, 0.4) is 0 Å². The highest BCUT2D eigenvalue weighted by molar-refractivity contribution is 5.80. The van der Waals surface area contributed by atoms with Crippen LogP contribution in [0.1, 0.15) is 71.0 Å². The lowest BCUT2D eigenvalue weighted by molar-refractivity contribution is 0.115. The van der Waals surface area contributed by atoms with Crippen LogP contribution in [0.4, 0.5) is 0 Å². The van der Waals surface area contributed by atoms with Gasteiger partial charge >= 0.3 is 0 Å². The Bertz CT molecular complexity index is 556. The predicted octanol–water partition coefficient (Wildman–Crippen LogP) is 3.20. The van der Waals surface area contributed by atoms with Crippen LogP contribution in [0.15, 0.2) is 11.3 Å². The maximum atomic E-state index is 4.90. The molecule has 6 nitrogen and oxygen atoms in total. The molecule has 2 aliphatic rings. The zero-order valence-corrected chi connectivity index (χ0v) is 16.0. The maximum Gasteiger partial charge on any atom is 0.194 e. The third-order valence-corrected chi connectivity index (χ3v) is 5.87. The van der Waals surface area contributed by atoms with Gasteiger partial charge in [0, 0.05) is 26.2 Å². The fourth-order valence-corrected chi connectivity index (χ4v) is 4.51. The largest absolute Gasteiger partial charge is 0.357 e. The van der Waals surface area contributed by atoms with Crippen molar-refractivity contribution in [2.45, 2.75) is 78.3 Å². The van der Waals surface area contributed by atoms with Crippen LogP contribution in [0, 0.1) is 5.41 Å².